The molecular weight excluding hydrogens is 150 g/mol. The van der Waals surface area contributed by atoms with Crippen molar-refractivity contribution < 1.29 is 14.4 Å². The molecule has 0 aromatic heterocycles. The van der Waals surface area contributed by atoms with Gasteiger partial charge in [0.1, 0.15) is 6.04 Å². The largest absolute Gasteiger partial charge is 0.351 e. The summed E-state index contributed by atoms with van der Waals surface area (Å²) < 4.78 is 0. The van der Waals surface area contributed by atoms with Gasteiger partial charge in [0.15, 0.2) is 0 Å². The number of amides is 5. The Morgan fingerprint density at radius 1 is 1.64 bits per heavy atom. The quantitative estimate of drug-likeness (QED) is 0.442. The minimum atomic E-state index is -0.916. The molecule has 1 unspecified atom stereocenters. The molecule has 0 radical (unpaired) electrons. The summed E-state index contributed by atoms with van der Waals surface area (Å²) in [4.78, 5) is 32.6. The SMILES string of the molecule is CC1C(=O)NC(=O)N1C(N)=O. The van der Waals surface area contributed by atoms with Crippen LogP contribution in [0, 0.1) is 0 Å². The Morgan fingerprint density at radius 3 is 2.36 bits per heavy atom. The summed E-state index contributed by atoms with van der Waals surface area (Å²) in [6.07, 6.45) is 0. The number of hydrogen-bond acceptors (Lipinski definition) is 3. The fourth-order valence-corrected chi connectivity index (χ4v) is 0.854. The summed E-state index contributed by atoms with van der Waals surface area (Å²) >= 11 is 0. The highest BCUT2D eigenvalue weighted by Gasteiger charge is 2.38. The van der Waals surface area contributed by atoms with Crippen LogP contribution in [-0.2, 0) is 4.79 Å². The van der Waals surface area contributed by atoms with E-state index >= 15 is 0 Å². The molecule has 0 aliphatic carbocycles. The van der Waals surface area contributed by atoms with Crippen LogP contribution in [0.2, 0.25) is 0 Å². The van der Waals surface area contributed by atoms with Crippen LogP contribution in [0.4, 0.5) is 9.59 Å². The summed E-state index contributed by atoms with van der Waals surface area (Å²) in [5.41, 5.74) is 4.81. The van der Waals surface area contributed by atoms with E-state index in [2.05, 4.69) is 0 Å². The molecule has 1 atom stereocenters. The van der Waals surface area contributed by atoms with E-state index < -0.39 is 24.0 Å². The number of carbonyl (C=O) groups is 3. The molecular formula is C5H7N3O3. The Bertz CT molecular complexity index is 237. The first-order valence-corrected chi connectivity index (χ1v) is 2.97. The number of primary amides is 1. The van der Waals surface area contributed by atoms with Gasteiger partial charge in [0, 0.05) is 0 Å². The van der Waals surface area contributed by atoms with Crippen LogP contribution in [0.1, 0.15) is 6.92 Å². The van der Waals surface area contributed by atoms with E-state index in [4.69, 9.17) is 5.73 Å². The Labute approximate surface area is 62.3 Å². The molecule has 0 saturated carbocycles. The third-order valence-electron chi connectivity index (χ3n) is 1.45. The summed E-state index contributed by atoms with van der Waals surface area (Å²) in [6.45, 7) is 1.42. The molecule has 5 amide bonds. The first-order valence-electron chi connectivity index (χ1n) is 2.97. The van der Waals surface area contributed by atoms with Crippen LogP contribution < -0.4 is 11.1 Å². The molecule has 1 heterocycles. The maximum Gasteiger partial charge on any atom is 0.332 e. The van der Waals surface area contributed by atoms with E-state index in [9.17, 15) is 14.4 Å². The molecule has 1 rings (SSSR count). The van der Waals surface area contributed by atoms with Crippen molar-refractivity contribution >= 4 is 18.0 Å². The van der Waals surface area contributed by atoms with Crippen molar-refractivity contribution in [2.24, 2.45) is 5.73 Å². The molecule has 0 aromatic rings. The summed E-state index contributed by atoms with van der Waals surface area (Å²) in [7, 11) is 0. The van der Waals surface area contributed by atoms with Gasteiger partial charge in [-0.25, -0.2) is 14.5 Å². The fraction of sp³-hybridized carbons (Fsp3) is 0.400. The van der Waals surface area contributed by atoms with Gasteiger partial charge in [-0.1, -0.05) is 0 Å². The number of rotatable bonds is 0. The molecule has 3 N–H and O–H groups in total. The second kappa shape index (κ2) is 2.22. The zero-order chi connectivity index (χ0) is 8.59. The zero-order valence-corrected chi connectivity index (χ0v) is 5.83. The van der Waals surface area contributed by atoms with Crippen LogP contribution in [0.5, 0.6) is 0 Å². The van der Waals surface area contributed by atoms with Crippen molar-refractivity contribution in [3.8, 4) is 0 Å². The lowest BCUT2D eigenvalue weighted by molar-refractivity contribution is -0.120. The van der Waals surface area contributed by atoms with E-state index in [1.54, 1.807) is 0 Å². The number of urea groups is 2. The number of nitrogens with two attached hydrogens (primary N) is 1. The van der Waals surface area contributed by atoms with E-state index in [1.807, 2.05) is 5.32 Å². The van der Waals surface area contributed by atoms with Gasteiger partial charge >= 0.3 is 12.1 Å². The molecule has 6 nitrogen and oxygen atoms in total. The highest BCUT2D eigenvalue weighted by Crippen LogP contribution is 2.06. The van der Waals surface area contributed by atoms with Gasteiger partial charge in [-0.3, -0.25) is 10.1 Å². The maximum absolute atomic E-state index is 10.7. The number of imide groups is 2. The van der Waals surface area contributed by atoms with Gasteiger partial charge in [0.05, 0.1) is 0 Å². The molecule has 1 aliphatic rings. The van der Waals surface area contributed by atoms with Crippen LogP contribution in [0.3, 0.4) is 0 Å². The summed E-state index contributed by atoms with van der Waals surface area (Å²) in [5, 5.41) is 1.95. The molecule has 1 aliphatic heterocycles. The van der Waals surface area contributed by atoms with Crippen molar-refractivity contribution in [2.75, 3.05) is 0 Å². The van der Waals surface area contributed by atoms with Crippen LogP contribution in [0.25, 0.3) is 0 Å². The van der Waals surface area contributed by atoms with E-state index in [0.29, 0.717) is 4.90 Å². The Hall–Kier alpha value is -1.59. The third kappa shape index (κ3) is 1.02. The van der Waals surface area contributed by atoms with Crippen molar-refractivity contribution in [1.82, 2.24) is 10.2 Å². The van der Waals surface area contributed by atoms with Crippen LogP contribution in [0.15, 0.2) is 0 Å². The predicted octanol–water partition coefficient (Wildman–Crippen LogP) is -0.995. The number of nitrogens with one attached hydrogen (secondary N) is 1. The normalized spacial score (nSPS) is 23.7. The predicted molar refractivity (Wildman–Crippen MR) is 34.4 cm³/mol. The zero-order valence-electron chi connectivity index (χ0n) is 5.83. The standard InChI is InChI=1S/C5H7N3O3/c1-2-3(9)7-5(11)8(2)4(6)10/h2H,1H3,(H2,6,10)(H,7,9,11). The number of carbonyl (C=O) groups excluding carboxylic acids is 3. The molecule has 1 saturated heterocycles. The molecule has 6 heteroatoms. The highest BCUT2D eigenvalue weighted by atomic mass is 16.2. The Morgan fingerprint density at radius 2 is 2.18 bits per heavy atom. The second-order valence-corrected chi connectivity index (χ2v) is 2.18. The van der Waals surface area contributed by atoms with Gasteiger partial charge in [-0.15, -0.1) is 0 Å². The van der Waals surface area contributed by atoms with Crippen LogP contribution >= 0.6 is 0 Å². The van der Waals surface area contributed by atoms with Crippen molar-refractivity contribution in [2.45, 2.75) is 13.0 Å². The minimum absolute atomic E-state index is 0.506. The monoisotopic (exact) mass is 157 g/mol. The Balaban J connectivity index is 2.88. The second-order valence-electron chi connectivity index (χ2n) is 2.18. The van der Waals surface area contributed by atoms with Crippen molar-refractivity contribution in [3.63, 3.8) is 0 Å². The van der Waals surface area contributed by atoms with Gasteiger partial charge < -0.3 is 5.73 Å². The molecule has 0 aromatic carbocycles. The average Bonchev–Trinajstić information content (AvgIpc) is 2.07. The lowest BCUT2D eigenvalue weighted by Crippen LogP contribution is -2.42. The molecule has 0 bridgehead atoms. The third-order valence-corrected chi connectivity index (χ3v) is 1.45. The first-order chi connectivity index (χ1) is 5.04. The van der Waals surface area contributed by atoms with Gasteiger partial charge in [-0.05, 0) is 6.92 Å². The topological polar surface area (TPSA) is 92.5 Å². The first kappa shape index (κ1) is 7.52. The summed E-state index contributed by atoms with van der Waals surface area (Å²) in [5.74, 6) is -0.506. The smallest absolute Gasteiger partial charge is 0.332 e. The lowest BCUT2D eigenvalue weighted by atomic mass is 10.3. The number of nitrogens with zero attached hydrogens (tertiary/aromatic N) is 1. The summed E-state index contributed by atoms with van der Waals surface area (Å²) in [6, 6.07) is -2.46. The highest BCUT2D eigenvalue weighted by molar-refractivity contribution is 6.10. The van der Waals surface area contributed by atoms with Crippen molar-refractivity contribution in [1.29, 1.82) is 0 Å². The fourth-order valence-electron chi connectivity index (χ4n) is 0.854. The lowest BCUT2D eigenvalue weighted by Gasteiger charge is -2.11. The molecule has 1 fully saturated rings. The van der Waals surface area contributed by atoms with Gasteiger partial charge in [0.2, 0.25) is 0 Å². The van der Waals surface area contributed by atoms with E-state index in [0.717, 1.165) is 0 Å². The number of hydrogen-bond donors (Lipinski definition) is 2. The molecule has 0 spiro atoms. The van der Waals surface area contributed by atoms with Gasteiger partial charge in [0.25, 0.3) is 5.91 Å². The maximum atomic E-state index is 10.7. The Kier molecular flexibility index (Phi) is 1.52. The van der Waals surface area contributed by atoms with Gasteiger partial charge in [-0.2, -0.15) is 0 Å². The molecule has 11 heavy (non-hydrogen) atoms. The molecule has 60 valence electrons. The average molecular weight is 157 g/mol. The van der Waals surface area contributed by atoms with E-state index in [1.165, 1.54) is 6.92 Å². The van der Waals surface area contributed by atoms with Crippen LogP contribution in [-0.4, -0.2) is 28.9 Å². The van der Waals surface area contributed by atoms with E-state index in [-0.39, 0.29) is 0 Å². The minimum Gasteiger partial charge on any atom is -0.351 e. The van der Waals surface area contributed by atoms with Crippen molar-refractivity contribution in [3.05, 3.63) is 0 Å².